The van der Waals surface area contributed by atoms with Crippen LogP contribution in [0, 0.1) is 0 Å². The molecule has 82 valence electrons. The van der Waals surface area contributed by atoms with Crippen molar-refractivity contribution in [2.45, 2.75) is 11.8 Å². The van der Waals surface area contributed by atoms with Crippen LogP contribution >= 0.6 is 0 Å². The van der Waals surface area contributed by atoms with E-state index in [9.17, 15) is 10.2 Å². The zero-order valence-corrected chi connectivity index (χ0v) is 8.39. The van der Waals surface area contributed by atoms with E-state index in [-0.39, 0.29) is 19.4 Å². The lowest BCUT2D eigenvalue weighted by molar-refractivity contribution is 0.0760. The lowest BCUT2D eigenvalue weighted by Crippen LogP contribution is -2.49. The summed E-state index contributed by atoms with van der Waals surface area (Å²) in [5.41, 5.74) is 0.293. The molecule has 0 bridgehead atoms. The van der Waals surface area contributed by atoms with Gasteiger partial charge in [-0.15, -0.1) is 0 Å². The zero-order chi connectivity index (χ0) is 10.7. The molecule has 1 aromatic rings. The summed E-state index contributed by atoms with van der Waals surface area (Å²) in [7, 11) is 0. The van der Waals surface area contributed by atoms with Crippen LogP contribution in [0.2, 0.25) is 0 Å². The van der Waals surface area contributed by atoms with Crippen molar-refractivity contribution in [1.29, 1.82) is 0 Å². The molecule has 0 aliphatic carbocycles. The molecule has 2 rings (SSSR count). The highest BCUT2D eigenvalue weighted by atomic mass is 16.5. The number of benzene rings is 1. The molecule has 0 radical (unpaired) electrons. The standard InChI is InChI=1S/C11H15NO3/c13-6-11(7-14)8-15-10(12-11)9-4-2-1-3-5-9/h1-5,10,12-14H,6-8H2/t10-/m1/s1. The molecule has 1 aliphatic heterocycles. The minimum atomic E-state index is -0.708. The number of nitrogens with one attached hydrogen (secondary N) is 1. The molecule has 1 saturated heterocycles. The fourth-order valence-corrected chi connectivity index (χ4v) is 1.64. The maximum Gasteiger partial charge on any atom is 0.135 e. The van der Waals surface area contributed by atoms with Gasteiger partial charge in [0.1, 0.15) is 6.23 Å². The molecule has 1 fully saturated rings. The number of aliphatic hydroxyl groups excluding tert-OH is 2. The second-order valence-corrected chi connectivity index (χ2v) is 3.84. The van der Waals surface area contributed by atoms with Gasteiger partial charge in [-0.25, -0.2) is 0 Å². The molecule has 0 unspecified atom stereocenters. The summed E-state index contributed by atoms with van der Waals surface area (Å²) in [4.78, 5) is 0. The van der Waals surface area contributed by atoms with E-state index in [4.69, 9.17) is 4.74 Å². The second kappa shape index (κ2) is 4.28. The third kappa shape index (κ3) is 2.03. The fourth-order valence-electron chi connectivity index (χ4n) is 1.64. The molecule has 15 heavy (non-hydrogen) atoms. The molecule has 4 nitrogen and oxygen atoms in total. The van der Waals surface area contributed by atoms with Gasteiger partial charge in [-0.3, -0.25) is 5.32 Å². The van der Waals surface area contributed by atoms with Crippen LogP contribution in [0.5, 0.6) is 0 Å². The summed E-state index contributed by atoms with van der Waals surface area (Å²) >= 11 is 0. The van der Waals surface area contributed by atoms with Crippen LogP contribution in [0.25, 0.3) is 0 Å². The molecule has 3 N–H and O–H groups in total. The summed E-state index contributed by atoms with van der Waals surface area (Å²) in [5.74, 6) is 0. The highest BCUT2D eigenvalue weighted by Gasteiger charge is 2.39. The lowest BCUT2D eigenvalue weighted by Gasteiger charge is -2.23. The number of hydrogen-bond acceptors (Lipinski definition) is 4. The van der Waals surface area contributed by atoms with Crippen molar-refractivity contribution in [2.75, 3.05) is 19.8 Å². The van der Waals surface area contributed by atoms with Crippen molar-refractivity contribution in [3.8, 4) is 0 Å². The average Bonchev–Trinajstić information content (AvgIpc) is 2.75. The topological polar surface area (TPSA) is 61.7 Å². The first kappa shape index (κ1) is 10.6. The van der Waals surface area contributed by atoms with Crippen molar-refractivity contribution in [3.63, 3.8) is 0 Å². The summed E-state index contributed by atoms with van der Waals surface area (Å²) in [6.07, 6.45) is -0.245. The van der Waals surface area contributed by atoms with Crippen molar-refractivity contribution in [1.82, 2.24) is 5.32 Å². The minimum absolute atomic E-state index is 0.132. The maximum absolute atomic E-state index is 9.18. The van der Waals surface area contributed by atoms with Crippen LogP contribution in [-0.4, -0.2) is 35.6 Å². The monoisotopic (exact) mass is 209 g/mol. The molecule has 0 amide bonds. The first-order valence-corrected chi connectivity index (χ1v) is 4.96. The van der Waals surface area contributed by atoms with Crippen molar-refractivity contribution >= 4 is 0 Å². The van der Waals surface area contributed by atoms with Gasteiger partial charge >= 0.3 is 0 Å². The number of hydrogen-bond donors (Lipinski definition) is 3. The molecule has 0 aromatic heterocycles. The molecular weight excluding hydrogens is 194 g/mol. The smallest absolute Gasteiger partial charge is 0.135 e. The predicted octanol–water partition coefficient (Wildman–Crippen LogP) is 0.0284. The van der Waals surface area contributed by atoms with E-state index < -0.39 is 5.54 Å². The van der Waals surface area contributed by atoms with E-state index >= 15 is 0 Å². The Balaban J connectivity index is 2.10. The summed E-state index contributed by atoms with van der Waals surface area (Å²) in [5, 5.41) is 21.5. The Kier molecular flexibility index (Phi) is 3.02. The van der Waals surface area contributed by atoms with Crippen LogP contribution in [-0.2, 0) is 4.74 Å². The van der Waals surface area contributed by atoms with Gasteiger partial charge in [-0.2, -0.15) is 0 Å². The van der Waals surface area contributed by atoms with Crippen LogP contribution in [0.15, 0.2) is 30.3 Å². The van der Waals surface area contributed by atoms with Gasteiger partial charge < -0.3 is 14.9 Å². The van der Waals surface area contributed by atoms with E-state index in [1.807, 2.05) is 30.3 Å². The highest BCUT2D eigenvalue weighted by Crippen LogP contribution is 2.25. The zero-order valence-electron chi connectivity index (χ0n) is 8.39. The van der Waals surface area contributed by atoms with Gasteiger partial charge in [0, 0.05) is 0 Å². The Bertz CT molecular complexity index is 311. The van der Waals surface area contributed by atoms with E-state index in [0.29, 0.717) is 6.61 Å². The molecule has 1 heterocycles. The van der Waals surface area contributed by atoms with Crippen LogP contribution < -0.4 is 5.32 Å². The third-order valence-corrected chi connectivity index (χ3v) is 2.67. The van der Waals surface area contributed by atoms with Crippen molar-refractivity contribution < 1.29 is 14.9 Å². The normalized spacial score (nSPS) is 24.3. The third-order valence-electron chi connectivity index (χ3n) is 2.67. The Hall–Kier alpha value is -0.940. The Morgan fingerprint density at radius 2 is 1.93 bits per heavy atom. The van der Waals surface area contributed by atoms with Gasteiger partial charge in [0.15, 0.2) is 0 Å². The average molecular weight is 209 g/mol. The highest BCUT2D eigenvalue weighted by molar-refractivity contribution is 5.19. The van der Waals surface area contributed by atoms with Crippen molar-refractivity contribution in [2.24, 2.45) is 0 Å². The fraction of sp³-hybridized carbons (Fsp3) is 0.455. The van der Waals surface area contributed by atoms with Gasteiger partial charge in [0.2, 0.25) is 0 Å². The largest absolute Gasteiger partial charge is 0.394 e. The summed E-state index contributed by atoms with van der Waals surface area (Å²) < 4.78 is 5.51. The van der Waals surface area contributed by atoms with Gasteiger partial charge in [0.25, 0.3) is 0 Å². The second-order valence-electron chi connectivity index (χ2n) is 3.84. The van der Waals surface area contributed by atoms with Crippen LogP contribution in [0.4, 0.5) is 0 Å². The first-order chi connectivity index (χ1) is 7.29. The Morgan fingerprint density at radius 3 is 2.47 bits per heavy atom. The molecule has 4 heteroatoms. The van der Waals surface area contributed by atoms with E-state index in [1.54, 1.807) is 0 Å². The maximum atomic E-state index is 9.18. The first-order valence-electron chi connectivity index (χ1n) is 4.96. The van der Waals surface area contributed by atoms with E-state index in [0.717, 1.165) is 5.56 Å². The molecule has 1 aromatic carbocycles. The molecule has 0 saturated carbocycles. The SMILES string of the molecule is OCC1(CO)CO[C@H](c2ccccc2)N1. The summed E-state index contributed by atoms with van der Waals surface area (Å²) in [6.45, 7) is 0.0548. The van der Waals surface area contributed by atoms with Crippen LogP contribution in [0.3, 0.4) is 0 Å². The number of rotatable bonds is 3. The predicted molar refractivity (Wildman–Crippen MR) is 55.2 cm³/mol. The Labute approximate surface area is 88.5 Å². The van der Waals surface area contributed by atoms with Gasteiger partial charge in [0.05, 0.1) is 25.4 Å². The van der Waals surface area contributed by atoms with Crippen molar-refractivity contribution in [3.05, 3.63) is 35.9 Å². The molecule has 0 spiro atoms. The molecular formula is C11H15NO3. The van der Waals surface area contributed by atoms with Gasteiger partial charge in [-0.1, -0.05) is 30.3 Å². The lowest BCUT2D eigenvalue weighted by atomic mass is 10.0. The summed E-state index contributed by atoms with van der Waals surface area (Å²) in [6, 6.07) is 9.69. The molecule has 1 atom stereocenters. The van der Waals surface area contributed by atoms with E-state index in [2.05, 4.69) is 5.32 Å². The van der Waals surface area contributed by atoms with E-state index in [1.165, 1.54) is 0 Å². The Morgan fingerprint density at radius 1 is 1.27 bits per heavy atom. The van der Waals surface area contributed by atoms with Gasteiger partial charge in [-0.05, 0) is 5.56 Å². The quantitative estimate of drug-likeness (QED) is 0.657. The van der Waals surface area contributed by atoms with Crippen LogP contribution in [0.1, 0.15) is 11.8 Å². The number of aliphatic hydroxyl groups is 2. The molecule has 1 aliphatic rings. The number of ether oxygens (including phenoxy) is 1. The minimum Gasteiger partial charge on any atom is -0.394 e.